The van der Waals surface area contributed by atoms with Crippen molar-refractivity contribution >= 4 is 21.4 Å². The van der Waals surface area contributed by atoms with E-state index in [0.717, 1.165) is 17.8 Å². The Kier molecular flexibility index (Phi) is 5.15. The van der Waals surface area contributed by atoms with Crippen LogP contribution < -0.4 is 11.3 Å². The lowest BCUT2D eigenvalue weighted by molar-refractivity contribution is 0.530. The lowest BCUT2D eigenvalue weighted by atomic mass is 10.1. The smallest absolute Gasteiger partial charge is 0.149 e. The molecule has 6 nitrogen and oxygen atoms in total. The van der Waals surface area contributed by atoms with Crippen LogP contribution in [0, 0.1) is 0 Å². The summed E-state index contributed by atoms with van der Waals surface area (Å²) in [7, 11) is -1.31. The second-order valence-corrected chi connectivity index (χ2v) is 6.91. The van der Waals surface area contributed by atoms with Gasteiger partial charge in [-0.15, -0.1) is 0 Å². The van der Waals surface area contributed by atoms with Gasteiger partial charge < -0.3 is 0 Å². The zero-order valence-electron chi connectivity index (χ0n) is 10.8. The Balaban J connectivity index is 2.92. The van der Waals surface area contributed by atoms with Crippen molar-refractivity contribution in [1.82, 2.24) is 15.2 Å². The fraction of sp³-hybridized carbons (Fsp3) is 0.700. The lowest BCUT2D eigenvalue weighted by Crippen LogP contribution is -2.42. The molecule has 8 heteroatoms. The largest absolute Gasteiger partial charge is 0.271 e. The molecule has 0 fully saturated rings. The Morgan fingerprint density at radius 1 is 1.56 bits per heavy atom. The molecular formula is C10H19ClN4O2S. The Bertz CT molecular complexity index is 512. The first-order valence-corrected chi connectivity index (χ1v) is 8.06. The molecule has 0 saturated heterocycles. The van der Waals surface area contributed by atoms with Gasteiger partial charge in [-0.2, -0.15) is 5.10 Å². The average molecular weight is 295 g/mol. The molecule has 0 aliphatic heterocycles. The van der Waals surface area contributed by atoms with Crippen molar-refractivity contribution in [2.75, 3.05) is 12.0 Å². The van der Waals surface area contributed by atoms with E-state index in [9.17, 15) is 8.42 Å². The van der Waals surface area contributed by atoms with E-state index in [-0.39, 0.29) is 11.8 Å². The number of hydrogen-bond acceptors (Lipinski definition) is 5. The summed E-state index contributed by atoms with van der Waals surface area (Å²) in [4.78, 5) is 0. The second kappa shape index (κ2) is 6.01. The van der Waals surface area contributed by atoms with Gasteiger partial charge in [0.25, 0.3) is 0 Å². The molecule has 0 bridgehead atoms. The minimum absolute atomic E-state index is 0.0353. The van der Waals surface area contributed by atoms with Gasteiger partial charge in [0.2, 0.25) is 0 Å². The van der Waals surface area contributed by atoms with E-state index in [0.29, 0.717) is 11.4 Å². The van der Waals surface area contributed by atoms with Crippen LogP contribution in [0.4, 0.5) is 0 Å². The average Bonchev–Trinajstić information content (AvgIpc) is 2.53. The molecule has 1 atom stereocenters. The maximum absolute atomic E-state index is 11.3. The maximum Gasteiger partial charge on any atom is 0.149 e. The molecule has 0 aliphatic carbocycles. The van der Waals surface area contributed by atoms with Crippen molar-refractivity contribution in [3.05, 3.63) is 16.4 Å². The summed E-state index contributed by atoms with van der Waals surface area (Å²) in [6.07, 6.45) is 2.34. The summed E-state index contributed by atoms with van der Waals surface area (Å²) in [6, 6.07) is -0.377. The van der Waals surface area contributed by atoms with Crippen LogP contribution in [0.2, 0.25) is 5.02 Å². The number of sulfone groups is 1. The molecule has 1 unspecified atom stereocenters. The minimum Gasteiger partial charge on any atom is -0.271 e. The summed E-state index contributed by atoms with van der Waals surface area (Å²) in [5, 5.41) is 4.87. The number of hydrogen-bond donors (Lipinski definition) is 2. The first-order chi connectivity index (χ1) is 8.28. The molecular weight excluding hydrogens is 276 g/mol. The molecule has 3 N–H and O–H groups in total. The van der Waals surface area contributed by atoms with Crippen LogP contribution in [0.5, 0.6) is 0 Å². The third-order valence-electron chi connectivity index (χ3n) is 2.68. The summed E-state index contributed by atoms with van der Waals surface area (Å²) in [5.74, 6) is 5.34. The van der Waals surface area contributed by atoms with Gasteiger partial charge in [-0.25, -0.2) is 8.42 Å². The third-order valence-corrected chi connectivity index (χ3v) is 4.13. The van der Waals surface area contributed by atoms with E-state index in [2.05, 4.69) is 10.5 Å². The van der Waals surface area contributed by atoms with Crippen LogP contribution in [0.1, 0.15) is 18.3 Å². The van der Waals surface area contributed by atoms with Gasteiger partial charge in [0, 0.05) is 25.8 Å². The predicted octanol–water partition coefficient (Wildman–Crippen LogP) is 0.0549. The highest BCUT2D eigenvalue weighted by molar-refractivity contribution is 7.90. The van der Waals surface area contributed by atoms with Crippen molar-refractivity contribution in [2.24, 2.45) is 12.9 Å². The highest BCUT2D eigenvalue weighted by Crippen LogP contribution is 2.22. The van der Waals surface area contributed by atoms with Crippen LogP contribution in [0.25, 0.3) is 0 Å². The minimum atomic E-state index is -3.10. The predicted molar refractivity (Wildman–Crippen MR) is 72.1 cm³/mol. The fourth-order valence-electron chi connectivity index (χ4n) is 1.81. The summed E-state index contributed by atoms with van der Waals surface area (Å²) in [5.41, 5.74) is 4.11. The molecule has 1 aromatic heterocycles. The van der Waals surface area contributed by atoms with Crippen molar-refractivity contribution < 1.29 is 8.42 Å². The van der Waals surface area contributed by atoms with Gasteiger partial charge in [-0.05, 0) is 6.42 Å². The van der Waals surface area contributed by atoms with Gasteiger partial charge in [0.15, 0.2) is 0 Å². The van der Waals surface area contributed by atoms with Crippen molar-refractivity contribution in [3.63, 3.8) is 0 Å². The van der Waals surface area contributed by atoms with Crippen LogP contribution in [0.15, 0.2) is 0 Å². The number of nitrogens with zero attached hydrogens (tertiary/aromatic N) is 2. The normalized spacial score (nSPS) is 13.8. The Labute approximate surface area is 112 Å². The van der Waals surface area contributed by atoms with E-state index < -0.39 is 9.84 Å². The summed E-state index contributed by atoms with van der Waals surface area (Å²) < 4.78 is 24.2. The highest BCUT2D eigenvalue weighted by Gasteiger charge is 2.20. The van der Waals surface area contributed by atoms with E-state index in [1.54, 1.807) is 11.7 Å². The van der Waals surface area contributed by atoms with Gasteiger partial charge >= 0.3 is 0 Å². The Hall–Kier alpha value is -0.630. The van der Waals surface area contributed by atoms with Crippen LogP contribution in [-0.2, 0) is 29.7 Å². The van der Waals surface area contributed by atoms with Gasteiger partial charge in [0.1, 0.15) is 9.84 Å². The topological polar surface area (TPSA) is 90.0 Å². The molecule has 104 valence electrons. The van der Waals surface area contributed by atoms with Gasteiger partial charge in [-0.3, -0.25) is 16.0 Å². The molecule has 0 spiro atoms. The first-order valence-electron chi connectivity index (χ1n) is 5.62. The Morgan fingerprint density at radius 2 is 2.17 bits per heavy atom. The molecule has 1 aromatic rings. The number of rotatable bonds is 6. The van der Waals surface area contributed by atoms with E-state index in [1.807, 2.05) is 6.92 Å². The summed E-state index contributed by atoms with van der Waals surface area (Å²) >= 11 is 6.20. The quantitative estimate of drug-likeness (QED) is 0.572. The van der Waals surface area contributed by atoms with E-state index in [1.165, 1.54) is 6.26 Å². The van der Waals surface area contributed by atoms with E-state index in [4.69, 9.17) is 17.4 Å². The third kappa shape index (κ3) is 3.94. The van der Waals surface area contributed by atoms with Gasteiger partial charge in [-0.1, -0.05) is 18.5 Å². The first kappa shape index (κ1) is 15.4. The molecule has 0 aromatic carbocycles. The zero-order chi connectivity index (χ0) is 13.9. The van der Waals surface area contributed by atoms with Gasteiger partial charge in [0.05, 0.1) is 22.2 Å². The number of nitrogens with one attached hydrogen (secondary N) is 1. The SMILES string of the molecule is CCc1nn(C)c(CC(CS(C)(=O)=O)NN)c1Cl. The number of hydrazine groups is 1. The summed E-state index contributed by atoms with van der Waals surface area (Å²) in [6.45, 7) is 1.97. The number of nitrogens with two attached hydrogens (primary N) is 1. The molecule has 1 rings (SSSR count). The lowest BCUT2D eigenvalue weighted by Gasteiger charge is -2.15. The van der Waals surface area contributed by atoms with Crippen LogP contribution in [-0.4, -0.2) is 36.2 Å². The molecule has 1 heterocycles. The van der Waals surface area contributed by atoms with Crippen molar-refractivity contribution in [1.29, 1.82) is 0 Å². The fourth-order valence-corrected chi connectivity index (χ4v) is 3.12. The van der Waals surface area contributed by atoms with Crippen LogP contribution in [0.3, 0.4) is 0 Å². The number of aryl methyl sites for hydroxylation is 2. The zero-order valence-corrected chi connectivity index (χ0v) is 12.3. The Morgan fingerprint density at radius 3 is 2.56 bits per heavy atom. The van der Waals surface area contributed by atoms with Crippen molar-refractivity contribution in [3.8, 4) is 0 Å². The molecule has 18 heavy (non-hydrogen) atoms. The monoisotopic (exact) mass is 294 g/mol. The van der Waals surface area contributed by atoms with Crippen LogP contribution >= 0.6 is 11.6 Å². The molecule has 0 amide bonds. The second-order valence-electron chi connectivity index (χ2n) is 4.34. The van der Waals surface area contributed by atoms with Crippen molar-refractivity contribution in [2.45, 2.75) is 25.8 Å². The maximum atomic E-state index is 11.3. The standard InChI is InChI=1S/C10H19ClN4O2S/c1-4-8-10(11)9(15(2)14-8)5-7(13-12)6-18(3,16)17/h7,13H,4-6,12H2,1-3H3. The molecule has 0 saturated carbocycles. The number of halogens is 1. The van der Waals surface area contributed by atoms with E-state index >= 15 is 0 Å². The molecule has 0 radical (unpaired) electrons. The molecule has 0 aliphatic rings. The highest BCUT2D eigenvalue weighted by atomic mass is 35.5. The number of aromatic nitrogens is 2.